The maximum Gasteiger partial charge on any atom is 0.274 e. The van der Waals surface area contributed by atoms with Crippen LogP contribution in [0.4, 0.5) is 0 Å². The molecule has 1 N–H and O–H groups in total. The van der Waals surface area contributed by atoms with Crippen LogP contribution in [-0.2, 0) is 6.54 Å². The normalized spacial score (nSPS) is 18.9. The molecule has 31 heavy (non-hydrogen) atoms. The highest BCUT2D eigenvalue weighted by atomic mass is 16.1. The Labute approximate surface area is 181 Å². The molecule has 4 aromatic rings. The molecule has 0 spiro atoms. The first-order valence-electron chi connectivity index (χ1n) is 11.1. The van der Waals surface area contributed by atoms with E-state index in [1.165, 1.54) is 12.8 Å². The summed E-state index contributed by atoms with van der Waals surface area (Å²) in [5, 5.41) is 14.3. The van der Waals surface area contributed by atoms with Crippen LogP contribution in [0.1, 0.15) is 43.9 Å². The van der Waals surface area contributed by atoms with Crippen LogP contribution in [0.3, 0.4) is 0 Å². The molecule has 2 unspecified atom stereocenters. The van der Waals surface area contributed by atoms with Gasteiger partial charge >= 0.3 is 0 Å². The zero-order valence-corrected chi connectivity index (χ0v) is 18.3. The second kappa shape index (κ2) is 7.89. The molecule has 0 radical (unpaired) electrons. The third kappa shape index (κ3) is 3.74. The monoisotopic (exact) mass is 416 g/mol. The highest BCUT2D eigenvalue weighted by Crippen LogP contribution is 2.23. The molecule has 4 heterocycles. The van der Waals surface area contributed by atoms with Crippen molar-refractivity contribution in [3.63, 3.8) is 0 Å². The number of hydrogen-bond donors (Lipinski definition) is 1. The van der Waals surface area contributed by atoms with E-state index < -0.39 is 0 Å². The van der Waals surface area contributed by atoms with E-state index in [9.17, 15) is 4.79 Å². The molecule has 1 aliphatic rings. The summed E-state index contributed by atoms with van der Waals surface area (Å²) < 4.78 is 3.42. The molecule has 2 atom stereocenters. The largest absolute Gasteiger partial charge is 0.311 e. The van der Waals surface area contributed by atoms with Crippen LogP contribution in [0.2, 0.25) is 0 Å². The SMILES string of the molecule is CCC1CCC(CCn2ncc3cc(-c4cc(C)c5nc(C)cn5n4)ccc3c2=O)N1. The van der Waals surface area contributed by atoms with E-state index in [2.05, 4.69) is 22.3 Å². The predicted molar refractivity (Wildman–Crippen MR) is 122 cm³/mol. The Balaban J connectivity index is 1.42. The summed E-state index contributed by atoms with van der Waals surface area (Å²) in [6.07, 6.45) is 8.22. The van der Waals surface area contributed by atoms with E-state index >= 15 is 0 Å². The summed E-state index contributed by atoms with van der Waals surface area (Å²) in [6.45, 7) is 6.86. The van der Waals surface area contributed by atoms with E-state index in [0.717, 1.165) is 46.4 Å². The first-order valence-corrected chi connectivity index (χ1v) is 11.1. The molecule has 0 saturated carbocycles. The van der Waals surface area contributed by atoms with Crippen molar-refractivity contribution in [1.82, 2.24) is 29.7 Å². The van der Waals surface area contributed by atoms with Crippen LogP contribution >= 0.6 is 0 Å². The number of aromatic nitrogens is 5. The average molecular weight is 417 g/mol. The number of nitrogens with zero attached hydrogens (tertiary/aromatic N) is 5. The van der Waals surface area contributed by atoms with E-state index in [0.29, 0.717) is 24.0 Å². The first kappa shape index (κ1) is 19.9. The number of fused-ring (bicyclic) bond motifs is 2. The van der Waals surface area contributed by atoms with Crippen LogP contribution in [-0.4, -0.2) is 36.5 Å². The van der Waals surface area contributed by atoms with Gasteiger partial charge in [0.2, 0.25) is 0 Å². The molecule has 160 valence electrons. The van der Waals surface area contributed by atoms with Gasteiger partial charge in [-0.1, -0.05) is 13.0 Å². The van der Waals surface area contributed by atoms with Gasteiger partial charge in [0.15, 0.2) is 5.65 Å². The summed E-state index contributed by atoms with van der Waals surface area (Å²) >= 11 is 0. The highest BCUT2D eigenvalue weighted by Gasteiger charge is 2.22. The molecule has 3 aromatic heterocycles. The van der Waals surface area contributed by atoms with Gasteiger partial charge in [-0.2, -0.15) is 10.2 Å². The number of nitrogens with one attached hydrogen (secondary N) is 1. The summed E-state index contributed by atoms with van der Waals surface area (Å²) in [6, 6.07) is 8.99. The number of rotatable bonds is 5. The minimum atomic E-state index is -0.0288. The van der Waals surface area contributed by atoms with Crippen molar-refractivity contribution in [2.45, 2.75) is 65.1 Å². The summed E-state index contributed by atoms with van der Waals surface area (Å²) in [5.74, 6) is 0. The number of hydrogen-bond acceptors (Lipinski definition) is 5. The van der Waals surface area contributed by atoms with Gasteiger partial charge in [0.1, 0.15) is 0 Å². The topological polar surface area (TPSA) is 77.1 Å². The smallest absolute Gasteiger partial charge is 0.274 e. The Morgan fingerprint density at radius 2 is 2.00 bits per heavy atom. The third-order valence-electron chi connectivity index (χ3n) is 6.40. The molecule has 0 bridgehead atoms. The third-order valence-corrected chi connectivity index (χ3v) is 6.40. The van der Waals surface area contributed by atoms with E-state index in [4.69, 9.17) is 5.10 Å². The molecular weight excluding hydrogens is 388 g/mol. The number of imidazole rings is 1. The Kier molecular flexibility index (Phi) is 5.06. The first-order chi connectivity index (χ1) is 15.0. The predicted octanol–water partition coefficient (Wildman–Crippen LogP) is 3.64. The molecule has 0 amide bonds. The zero-order chi connectivity index (χ0) is 21.5. The fourth-order valence-electron chi connectivity index (χ4n) is 4.62. The van der Waals surface area contributed by atoms with Gasteiger partial charge in [0.05, 0.1) is 29.2 Å². The van der Waals surface area contributed by atoms with E-state index in [-0.39, 0.29) is 5.56 Å². The van der Waals surface area contributed by atoms with Gasteiger partial charge in [-0.05, 0) is 63.3 Å². The number of aryl methyl sites for hydroxylation is 3. The molecule has 0 aliphatic carbocycles. The molecule has 7 nitrogen and oxygen atoms in total. The lowest BCUT2D eigenvalue weighted by molar-refractivity contribution is 0.448. The van der Waals surface area contributed by atoms with Crippen LogP contribution in [0, 0.1) is 13.8 Å². The summed E-state index contributed by atoms with van der Waals surface area (Å²) in [7, 11) is 0. The molecule has 1 aliphatic heterocycles. The fourth-order valence-corrected chi connectivity index (χ4v) is 4.62. The molecule has 1 saturated heterocycles. The second-order valence-electron chi connectivity index (χ2n) is 8.67. The lowest BCUT2D eigenvalue weighted by Crippen LogP contribution is -2.31. The Morgan fingerprint density at radius 1 is 1.16 bits per heavy atom. The second-order valence-corrected chi connectivity index (χ2v) is 8.67. The maximum atomic E-state index is 13.0. The van der Waals surface area contributed by atoms with Crippen LogP contribution in [0.25, 0.3) is 27.7 Å². The van der Waals surface area contributed by atoms with Crippen molar-refractivity contribution in [2.24, 2.45) is 0 Å². The van der Waals surface area contributed by atoms with Gasteiger partial charge < -0.3 is 5.32 Å². The van der Waals surface area contributed by atoms with E-state index in [1.807, 2.05) is 48.8 Å². The van der Waals surface area contributed by atoms with Crippen molar-refractivity contribution in [3.05, 3.63) is 58.3 Å². The van der Waals surface area contributed by atoms with Crippen molar-refractivity contribution >= 4 is 16.4 Å². The van der Waals surface area contributed by atoms with Crippen LogP contribution < -0.4 is 10.9 Å². The van der Waals surface area contributed by atoms with Crippen molar-refractivity contribution < 1.29 is 0 Å². The Morgan fingerprint density at radius 3 is 2.81 bits per heavy atom. The van der Waals surface area contributed by atoms with Gasteiger partial charge in [0.25, 0.3) is 5.56 Å². The molecule has 1 fully saturated rings. The molecular formula is C24H28N6O. The molecule has 1 aromatic carbocycles. The van der Waals surface area contributed by atoms with Crippen LogP contribution in [0.15, 0.2) is 41.5 Å². The van der Waals surface area contributed by atoms with Gasteiger partial charge in [-0.15, -0.1) is 0 Å². The Hall–Kier alpha value is -3.06. The average Bonchev–Trinajstić information content (AvgIpc) is 3.39. The quantitative estimate of drug-likeness (QED) is 0.537. The number of benzene rings is 1. The zero-order valence-electron chi connectivity index (χ0n) is 18.3. The van der Waals surface area contributed by atoms with Gasteiger partial charge in [-0.25, -0.2) is 14.2 Å². The summed E-state index contributed by atoms with van der Waals surface area (Å²) in [5.41, 5.74) is 4.66. The fraction of sp³-hybridized carbons (Fsp3) is 0.417. The van der Waals surface area contributed by atoms with Crippen molar-refractivity contribution in [1.29, 1.82) is 0 Å². The lowest BCUT2D eigenvalue weighted by atomic mass is 10.1. The van der Waals surface area contributed by atoms with E-state index in [1.54, 1.807) is 10.9 Å². The van der Waals surface area contributed by atoms with Crippen LogP contribution in [0.5, 0.6) is 0 Å². The Bertz CT molecular complexity index is 1320. The van der Waals surface area contributed by atoms with Gasteiger partial charge in [0, 0.05) is 29.6 Å². The minimum absolute atomic E-state index is 0.0288. The standard InChI is InChI=1S/C24H28N6O/c1-4-19-6-7-20(27-19)9-10-29-24(31)21-8-5-17(12-18(21)13-25-29)22-11-15(2)23-26-16(3)14-30(23)28-22/h5,8,11-14,19-20,27H,4,6-7,9-10H2,1-3H3. The van der Waals surface area contributed by atoms with Crippen molar-refractivity contribution in [2.75, 3.05) is 0 Å². The lowest BCUT2D eigenvalue weighted by Gasteiger charge is -2.13. The summed E-state index contributed by atoms with van der Waals surface area (Å²) in [4.78, 5) is 17.5. The highest BCUT2D eigenvalue weighted by molar-refractivity contribution is 5.85. The molecule has 7 heteroatoms. The minimum Gasteiger partial charge on any atom is -0.311 e. The molecule has 5 rings (SSSR count). The van der Waals surface area contributed by atoms with Gasteiger partial charge in [-0.3, -0.25) is 4.79 Å². The maximum absolute atomic E-state index is 13.0. The van der Waals surface area contributed by atoms with Crippen molar-refractivity contribution in [3.8, 4) is 11.3 Å².